The van der Waals surface area contributed by atoms with E-state index in [4.69, 9.17) is 23.2 Å². The van der Waals surface area contributed by atoms with Crippen molar-refractivity contribution in [3.63, 3.8) is 0 Å². The summed E-state index contributed by atoms with van der Waals surface area (Å²) in [4.78, 5) is 43.8. The van der Waals surface area contributed by atoms with Crippen LogP contribution in [0.3, 0.4) is 0 Å². The molecule has 6 rings (SSSR count). The van der Waals surface area contributed by atoms with E-state index in [2.05, 4.69) is 16.8 Å². The Morgan fingerprint density at radius 2 is 1.98 bits per heavy atom. The zero-order chi connectivity index (χ0) is 29.1. The largest absolute Gasteiger partial charge is 0.478 e. The predicted octanol–water partition coefficient (Wildman–Crippen LogP) is 6.11. The number of anilines is 2. The van der Waals surface area contributed by atoms with Gasteiger partial charge in [-0.1, -0.05) is 48.0 Å². The first-order valence-electron chi connectivity index (χ1n) is 13.5. The van der Waals surface area contributed by atoms with E-state index in [1.165, 1.54) is 35.3 Å². The average Bonchev–Trinajstić information content (AvgIpc) is 3.64. The summed E-state index contributed by atoms with van der Waals surface area (Å²) in [7, 11) is 0. The molecule has 2 saturated heterocycles. The molecule has 3 aliphatic heterocycles. The number of carboxylic acids is 1. The second-order valence-corrected chi connectivity index (χ2v) is 12.0. The maximum Gasteiger partial charge on any atom is 0.335 e. The SMILES string of the molecule is C=C(Cl)/C=C\C=C(/F)[C@H]1[C@@H]2C(=O)N(c3cccc(C(=O)O)c3)CC[C@@H]2N(CC2CC2)[C@@]12C(=O)Nc1cc(Cl)ccc12. The summed E-state index contributed by atoms with van der Waals surface area (Å²) in [5.41, 5.74) is 0.0911. The molecule has 1 aliphatic carbocycles. The number of carbonyl (C=O) groups is 3. The third kappa shape index (κ3) is 4.58. The lowest BCUT2D eigenvalue weighted by Crippen LogP contribution is -2.54. The van der Waals surface area contributed by atoms with Gasteiger partial charge in [-0.3, -0.25) is 14.5 Å². The van der Waals surface area contributed by atoms with Gasteiger partial charge < -0.3 is 15.3 Å². The summed E-state index contributed by atoms with van der Waals surface area (Å²) < 4.78 is 16.6. The van der Waals surface area contributed by atoms with E-state index in [1.54, 1.807) is 30.3 Å². The van der Waals surface area contributed by atoms with E-state index in [0.717, 1.165) is 12.8 Å². The molecule has 4 aliphatic rings. The summed E-state index contributed by atoms with van der Waals surface area (Å²) in [5, 5.41) is 13.1. The number of allylic oxidation sites excluding steroid dienone is 4. The Morgan fingerprint density at radius 3 is 2.68 bits per heavy atom. The summed E-state index contributed by atoms with van der Waals surface area (Å²) in [6.07, 6.45) is 6.60. The number of halogens is 3. The van der Waals surface area contributed by atoms with Gasteiger partial charge in [0.2, 0.25) is 11.8 Å². The van der Waals surface area contributed by atoms with Gasteiger partial charge in [0.25, 0.3) is 0 Å². The minimum atomic E-state index is -1.47. The number of aromatic carboxylic acids is 1. The fourth-order valence-electron chi connectivity index (χ4n) is 6.84. The van der Waals surface area contributed by atoms with E-state index in [9.17, 15) is 19.5 Å². The van der Waals surface area contributed by atoms with Gasteiger partial charge >= 0.3 is 5.97 Å². The number of hydrogen-bond acceptors (Lipinski definition) is 4. The number of benzene rings is 2. The fourth-order valence-corrected chi connectivity index (χ4v) is 7.08. The number of piperidine rings is 1. The number of likely N-dealkylation sites (tertiary alicyclic amines) is 1. The van der Waals surface area contributed by atoms with Crippen LogP contribution in [0.5, 0.6) is 0 Å². The van der Waals surface area contributed by atoms with Gasteiger partial charge in [-0.25, -0.2) is 9.18 Å². The van der Waals surface area contributed by atoms with Crippen LogP contribution < -0.4 is 10.2 Å². The molecule has 212 valence electrons. The van der Waals surface area contributed by atoms with Crippen molar-refractivity contribution in [2.24, 2.45) is 17.8 Å². The van der Waals surface area contributed by atoms with Crippen molar-refractivity contribution in [2.75, 3.05) is 23.3 Å². The first-order chi connectivity index (χ1) is 19.6. The Bertz CT molecular complexity index is 1540. The number of amides is 2. The van der Waals surface area contributed by atoms with Gasteiger partial charge in [-0.15, -0.1) is 0 Å². The predicted molar refractivity (Wildman–Crippen MR) is 156 cm³/mol. The Kier molecular flexibility index (Phi) is 7.04. The number of carbonyl (C=O) groups excluding carboxylic acids is 2. The molecule has 2 aromatic rings. The molecule has 3 fully saturated rings. The third-order valence-corrected chi connectivity index (χ3v) is 9.01. The lowest BCUT2D eigenvalue weighted by atomic mass is 9.72. The number of nitrogens with zero attached hydrogens (tertiary/aromatic N) is 2. The third-order valence-electron chi connectivity index (χ3n) is 8.65. The molecule has 2 amide bonds. The highest BCUT2D eigenvalue weighted by Crippen LogP contribution is 2.60. The van der Waals surface area contributed by atoms with Gasteiger partial charge in [0, 0.05) is 46.1 Å². The summed E-state index contributed by atoms with van der Waals surface area (Å²) in [6, 6.07) is 10.8. The maximum absolute atomic E-state index is 16.6. The van der Waals surface area contributed by atoms with Crippen molar-refractivity contribution in [3.8, 4) is 0 Å². The van der Waals surface area contributed by atoms with Crippen molar-refractivity contribution >= 4 is 52.4 Å². The normalized spacial score (nSPS) is 27.8. The van der Waals surface area contributed by atoms with Crippen LogP contribution in [0.25, 0.3) is 0 Å². The molecule has 1 spiro atoms. The van der Waals surface area contributed by atoms with E-state index in [1.807, 2.05) is 0 Å². The molecule has 2 aromatic carbocycles. The topological polar surface area (TPSA) is 90.0 Å². The van der Waals surface area contributed by atoms with Crippen LogP contribution >= 0.6 is 23.2 Å². The van der Waals surface area contributed by atoms with Gasteiger partial charge in [-0.05, 0) is 67.7 Å². The zero-order valence-electron chi connectivity index (χ0n) is 22.0. The molecule has 41 heavy (non-hydrogen) atoms. The standard InChI is InChI=1S/C31H28Cl2FN3O4/c1-17(32)4-2-7-23(34)27-26-25(12-13-36(28(26)38)21-6-3-5-19(14-21)29(39)40)37(16-18-8-9-18)31(27)22-11-10-20(33)15-24(22)35-30(31)41/h2-7,10-11,14-15,18,25-27H,1,8-9,12-13,16H2,(H,35,41)(H,39,40)/b4-2-,23-7-/t25-,26+,27-,31+/m0/s1. The highest BCUT2D eigenvalue weighted by atomic mass is 35.5. The van der Waals surface area contributed by atoms with E-state index in [-0.39, 0.29) is 16.5 Å². The van der Waals surface area contributed by atoms with E-state index < -0.39 is 41.1 Å². The van der Waals surface area contributed by atoms with Crippen LogP contribution in [0.15, 0.2) is 78.1 Å². The molecule has 0 bridgehead atoms. The molecule has 1 saturated carbocycles. The second-order valence-electron chi connectivity index (χ2n) is 11.1. The highest BCUT2D eigenvalue weighted by molar-refractivity contribution is 6.31. The minimum Gasteiger partial charge on any atom is -0.478 e. The first kappa shape index (κ1) is 27.7. The molecule has 3 heterocycles. The number of rotatable bonds is 7. The lowest BCUT2D eigenvalue weighted by molar-refractivity contribution is -0.129. The zero-order valence-corrected chi connectivity index (χ0v) is 23.5. The van der Waals surface area contributed by atoms with E-state index >= 15 is 4.39 Å². The number of nitrogens with one attached hydrogen (secondary N) is 1. The van der Waals surface area contributed by atoms with Crippen LogP contribution in [0.2, 0.25) is 5.02 Å². The molecule has 2 N–H and O–H groups in total. The molecule has 4 atom stereocenters. The smallest absolute Gasteiger partial charge is 0.335 e. The molecule has 0 radical (unpaired) electrons. The van der Waals surface area contributed by atoms with E-state index in [0.29, 0.717) is 47.4 Å². The van der Waals surface area contributed by atoms with Crippen molar-refractivity contribution < 1.29 is 23.9 Å². The first-order valence-corrected chi connectivity index (χ1v) is 14.3. The monoisotopic (exact) mass is 595 g/mol. The summed E-state index contributed by atoms with van der Waals surface area (Å²) in [5.74, 6) is -4.19. The fraction of sp³-hybridized carbons (Fsp3) is 0.323. The number of carboxylic acid groups (broad SMARTS) is 1. The molecule has 0 unspecified atom stereocenters. The summed E-state index contributed by atoms with van der Waals surface area (Å²) >= 11 is 12.1. The van der Waals surface area contributed by atoms with Gasteiger partial charge in [-0.2, -0.15) is 0 Å². The maximum atomic E-state index is 16.6. The Morgan fingerprint density at radius 1 is 1.20 bits per heavy atom. The number of hydrogen-bond donors (Lipinski definition) is 2. The molecule has 7 nitrogen and oxygen atoms in total. The van der Waals surface area contributed by atoms with Gasteiger partial charge in [0.05, 0.1) is 17.4 Å². The molecular formula is C31H28Cl2FN3O4. The lowest BCUT2D eigenvalue weighted by Gasteiger charge is -2.40. The Hall–Kier alpha value is -3.46. The molecule has 10 heteroatoms. The average molecular weight is 596 g/mol. The van der Waals surface area contributed by atoms with Crippen LogP contribution in [0, 0.1) is 17.8 Å². The van der Waals surface area contributed by atoms with Crippen molar-refractivity contribution in [2.45, 2.75) is 30.8 Å². The van der Waals surface area contributed by atoms with Crippen molar-refractivity contribution in [3.05, 3.63) is 94.3 Å². The minimum absolute atomic E-state index is 0.0470. The van der Waals surface area contributed by atoms with Crippen LogP contribution in [0.1, 0.15) is 35.2 Å². The van der Waals surface area contributed by atoms with Crippen LogP contribution in [-0.4, -0.2) is 46.9 Å². The van der Waals surface area contributed by atoms with Crippen LogP contribution in [0.4, 0.5) is 15.8 Å². The van der Waals surface area contributed by atoms with Gasteiger partial charge in [0.15, 0.2) is 0 Å². The highest BCUT2D eigenvalue weighted by Gasteiger charge is 2.70. The van der Waals surface area contributed by atoms with Crippen LogP contribution in [-0.2, 0) is 15.1 Å². The molecule has 0 aromatic heterocycles. The molecular weight excluding hydrogens is 568 g/mol. The van der Waals surface area contributed by atoms with Crippen molar-refractivity contribution in [1.82, 2.24) is 4.90 Å². The second kappa shape index (κ2) is 10.4. The van der Waals surface area contributed by atoms with Gasteiger partial charge in [0.1, 0.15) is 11.4 Å². The Balaban J connectivity index is 1.53. The van der Waals surface area contributed by atoms with Crippen molar-refractivity contribution in [1.29, 1.82) is 0 Å². The number of fused-ring (bicyclic) bond motifs is 3. The quantitative estimate of drug-likeness (QED) is 0.377. The summed E-state index contributed by atoms with van der Waals surface area (Å²) in [6.45, 7) is 4.46. The Labute approximate surface area is 246 Å².